The number of ether oxygens (including phenoxy) is 1. The fourth-order valence-electron chi connectivity index (χ4n) is 1.55. The Labute approximate surface area is 114 Å². The van der Waals surface area contributed by atoms with Crippen molar-refractivity contribution in [3.05, 3.63) is 34.9 Å². The molecular formula is C15H21ClO2. The van der Waals surface area contributed by atoms with Gasteiger partial charge in [-0.05, 0) is 51.3 Å². The Morgan fingerprint density at radius 3 is 2.67 bits per heavy atom. The van der Waals surface area contributed by atoms with Gasteiger partial charge in [0.15, 0.2) is 0 Å². The van der Waals surface area contributed by atoms with E-state index < -0.39 is 5.60 Å². The first kappa shape index (κ1) is 15.1. The normalized spacial score (nSPS) is 12.1. The molecule has 1 aromatic carbocycles. The van der Waals surface area contributed by atoms with Crippen molar-refractivity contribution in [1.29, 1.82) is 0 Å². The lowest BCUT2D eigenvalue weighted by molar-refractivity contribution is 0.0722. The summed E-state index contributed by atoms with van der Waals surface area (Å²) in [4.78, 5) is 0. The van der Waals surface area contributed by atoms with E-state index in [-0.39, 0.29) is 0 Å². The van der Waals surface area contributed by atoms with Gasteiger partial charge in [-0.1, -0.05) is 29.8 Å². The van der Waals surface area contributed by atoms with Gasteiger partial charge in [-0.25, -0.2) is 0 Å². The van der Waals surface area contributed by atoms with Crippen LogP contribution in [-0.4, -0.2) is 17.3 Å². The summed E-state index contributed by atoms with van der Waals surface area (Å²) in [7, 11) is 0. The van der Waals surface area contributed by atoms with Crippen molar-refractivity contribution < 1.29 is 9.84 Å². The van der Waals surface area contributed by atoms with Crippen molar-refractivity contribution in [1.82, 2.24) is 0 Å². The topological polar surface area (TPSA) is 29.5 Å². The van der Waals surface area contributed by atoms with Gasteiger partial charge in [0.25, 0.3) is 0 Å². The second-order valence-corrected chi connectivity index (χ2v) is 5.28. The first-order valence-electron chi connectivity index (χ1n) is 6.23. The molecule has 1 aromatic rings. The first-order chi connectivity index (χ1) is 8.42. The molecule has 0 radical (unpaired) electrons. The molecule has 0 bridgehead atoms. The molecule has 100 valence electrons. The van der Waals surface area contributed by atoms with Crippen LogP contribution in [0.4, 0.5) is 0 Å². The molecule has 0 spiro atoms. The van der Waals surface area contributed by atoms with Crippen LogP contribution in [0.2, 0.25) is 5.02 Å². The lowest BCUT2D eigenvalue weighted by Gasteiger charge is -2.14. The predicted octanol–water partition coefficient (Wildman–Crippen LogP) is 4.30. The third kappa shape index (κ3) is 5.56. The SMILES string of the molecule is CCOc1ccc(/C=C/CCC(C)(C)O)cc1Cl. The summed E-state index contributed by atoms with van der Waals surface area (Å²) in [5.74, 6) is 0.716. The lowest BCUT2D eigenvalue weighted by atomic mass is 10.0. The van der Waals surface area contributed by atoms with E-state index in [9.17, 15) is 5.11 Å². The zero-order valence-electron chi connectivity index (χ0n) is 11.2. The zero-order chi connectivity index (χ0) is 13.6. The van der Waals surface area contributed by atoms with Crippen LogP contribution in [0, 0.1) is 0 Å². The highest BCUT2D eigenvalue weighted by Crippen LogP contribution is 2.26. The van der Waals surface area contributed by atoms with Crippen molar-refractivity contribution >= 4 is 17.7 Å². The molecule has 0 aliphatic carbocycles. The fourth-order valence-corrected chi connectivity index (χ4v) is 1.79. The van der Waals surface area contributed by atoms with Crippen LogP contribution in [0.1, 0.15) is 39.2 Å². The van der Waals surface area contributed by atoms with E-state index in [4.69, 9.17) is 16.3 Å². The maximum atomic E-state index is 9.58. The average molecular weight is 269 g/mol. The molecule has 0 heterocycles. The van der Waals surface area contributed by atoms with Crippen molar-refractivity contribution in [3.63, 3.8) is 0 Å². The number of aliphatic hydroxyl groups is 1. The van der Waals surface area contributed by atoms with Gasteiger partial charge < -0.3 is 9.84 Å². The van der Waals surface area contributed by atoms with Gasteiger partial charge in [0.05, 0.1) is 17.2 Å². The highest BCUT2D eigenvalue weighted by Gasteiger charge is 2.09. The summed E-state index contributed by atoms with van der Waals surface area (Å²) in [5.41, 5.74) is 0.431. The minimum absolute atomic E-state index is 0.610. The molecule has 1 N–H and O–H groups in total. The van der Waals surface area contributed by atoms with Crippen molar-refractivity contribution in [3.8, 4) is 5.75 Å². The van der Waals surface area contributed by atoms with Crippen LogP contribution in [0.5, 0.6) is 5.75 Å². The van der Waals surface area contributed by atoms with E-state index in [1.54, 1.807) is 0 Å². The van der Waals surface area contributed by atoms with E-state index in [1.165, 1.54) is 0 Å². The number of halogens is 1. The van der Waals surface area contributed by atoms with Crippen LogP contribution in [0.15, 0.2) is 24.3 Å². The second-order valence-electron chi connectivity index (χ2n) is 4.88. The van der Waals surface area contributed by atoms with Crippen LogP contribution in [0.25, 0.3) is 6.08 Å². The minimum Gasteiger partial charge on any atom is -0.492 e. The molecule has 0 unspecified atom stereocenters. The van der Waals surface area contributed by atoms with Crippen LogP contribution in [-0.2, 0) is 0 Å². The largest absolute Gasteiger partial charge is 0.492 e. The molecule has 0 aliphatic rings. The van der Waals surface area contributed by atoms with Crippen LogP contribution in [0.3, 0.4) is 0 Å². The van der Waals surface area contributed by atoms with Gasteiger partial charge >= 0.3 is 0 Å². The Bertz CT molecular complexity index is 405. The third-order valence-corrected chi connectivity index (χ3v) is 2.78. The Kier molecular flexibility index (Phi) is 5.70. The lowest BCUT2D eigenvalue weighted by Crippen LogP contribution is -2.17. The van der Waals surface area contributed by atoms with E-state index >= 15 is 0 Å². The number of hydrogen-bond acceptors (Lipinski definition) is 2. The number of benzene rings is 1. The molecule has 1 rings (SSSR count). The van der Waals surface area contributed by atoms with Gasteiger partial charge in [-0.3, -0.25) is 0 Å². The predicted molar refractivity (Wildman–Crippen MR) is 77.2 cm³/mol. The highest BCUT2D eigenvalue weighted by molar-refractivity contribution is 6.32. The molecular weight excluding hydrogens is 248 g/mol. The summed E-state index contributed by atoms with van der Waals surface area (Å²) in [6.07, 6.45) is 5.64. The quantitative estimate of drug-likeness (QED) is 0.833. The molecule has 3 heteroatoms. The zero-order valence-corrected chi connectivity index (χ0v) is 12.0. The molecule has 0 aromatic heterocycles. The van der Waals surface area contributed by atoms with Gasteiger partial charge in [-0.2, -0.15) is 0 Å². The number of allylic oxidation sites excluding steroid dienone is 1. The molecule has 2 nitrogen and oxygen atoms in total. The molecule has 0 fully saturated rings. The summed E-state index contributed by atoms with van der Waals surface area (Å²) < 4.78 is 5.37. The minimum atomic E-state index is -0.610. The Hall–Kier alpha value is -0.990. The maximum absolute atomic E-state index is 9.58. The van der Waals surface area contributed by atoms with Crippen molar-refractivity contribution in [2.24, 2.45) is 0 Å². The van der Waals surface area contributed by atoms with Gasteiger partial charge in [0.2, 0.25) is 0 Å². The van der Waals surface area contributed by atoms with Gasteiger partial charge in [0.1, 0.15) is 5.75 Å². The summed E-state index contributed by atoms with van der Waals surface area (Å²) >= 11 is 6.09. The summed E-state index contributed by atoms with van der Waals surface area (Å²) in [6, 6.07) is 5.73. The standard InChI is InChI=1S/C15H21ClO2/c1-4-18-14-9-8-12(11-13(14)16)7-5-6-10-15(2,3)17/h5,7-9,11,17H,4,6,10H2,1-3H3/b7-5+. The van der Waals surface area contributed by atoms with Gasteiger partial charge in [-0.15, -0.1) is 0 Å². The second kappa shape index (κ2) is 6.81. The molecule has 0 saturated carbocycles. The average Bonchev–Trinajstić information content (AvgIpc) is 2.27. The summed E-state index contributed by atoms with van der Waals surface area (Å²) in [6.45, 7) is 6.17. The van der Waals surface area contributed by atoms with Crippen molar-refractivity contribution in [2.45, 2.75) is 39.2 Å². The van der Waals surface area contributed by atoms with Gasteiger partial charge in [0, 0.05) is 0 Å². The smallest absolute Gasteiger partial charge is 0.137 e. The summed E-state index contributed by atoms with van der Waals surface area (Å²) in [5, 5.41) is 10.2. The monoisotopic (exact) mass is 268 g/mol. The first-order valence-corrected chi connectivity index (χ1v) is 6.61. The number of hydrogen-bond donors (Lipinski definition) is 1. The van der Waals surface area contributed by atoms with Crippen LogP contribution < -0.4 is 4.74 Å². The van der Waals surface area contributed by atoms with E-state index in [0.717, 1.165) is 18.4 Å². The van der Waals surface area contributed by atoms with Crippen molar-refractivity contribution in [2.75, 3.05) is 6.61 Å². The van der Waals surface area contributed by atoms with E-state index in [2.05, 4.69) is 0 Å². The molecule has 0 aliphatic heterocycles. The molecule has 0 saturated heterocycles. The Balaban J connectivity index is 2.58. The third-order valence-electron chi connectivity index (χ3n) is 2.49. The molecule has 0 atom stereocenters. The molecule has 18 heavy (non-hydrogen) atoms. The Morgan fingerprint density at radius 1 is 1.39 bits per heavy atom. The Morgan fingerprint density at radius 2 is 2.11 bits per heavy atom. The molecule has 0 amide bonds. The van der Waals surface area contributed by atoms with Crippen LogP contribution >= 0.6 is 11.6 Å². The number of rotatable bonds is 6. The van der Waals surface area contributed by atoms with E-state index in [0.29, 0.717) is 17.4 Å². The maximum Gasteiger partial charge on any atom is 0.137 e. The highest BCUT2D eigenvalue weighted by atomic mass is 35.5. The van der Waals surface area contributed by atoms with E-state index in [1.807, 2.05) is 51.1 Å². The fraction of sp³-hybridized carbons (Fsp3) is 0.467.